The van der Waals surface area contributed by atoms with Gasteiger partial charge in [0.1, 0.15) is 0 Å². The van der Waals surface area contributed by atoms with E-state index in [2.05, 4.69) is 6.08 Å². The lowest BCUT2D eigenvalue weighted by molar-refractivity contribution is -0.117. The third kappa shape index (κ3) is 2.80. The fraction of sp³-hybridized carbons (Fsp3) is 0.727. The predicted octanol–water partition coefficient (Wildman–Crippen LogP) is 2.96. The van der Waals surface area contributed by atoms with E-state index >= 15 is 0 Å². The molecule has 0 N–H and O–H groups in total. The summed E-state index contributed by atoms with van der Waals surface area (Å²) >= 11 is 0. The van der Waals surface area contributed by atoms with Crippen molar-refractivity contribution in [2.75, 3.05) is 0 Å². The lowest BCUT2D eigenvalue weighted by atomic mass is 10.0. The average Bonchev–Trinajstić information content (AvgIpc) is 2.51. The summed E-state index contributed by atoms with van der Waals surface area (Å²) in [5.74, 6) is 1.11. The van der Waals surface area contributed by atoms with Crippen molar-refractivity contribution in [1.82, 2.24) is 0 Å². The summed E-state index contributed by atoms with van der Waals surface area (Å²) in [5, 5.41) is 0. The van der Waals surface area contributed by atoms with E-state index in [0.29, 0.717) is 5.92 Å². The maximum atomic E-state index is 11.2. The van der Waals surface area contributed by atoms with Crippen molar-refractivity contribution in [3.63, 3.8) is 0 Å². The number of hydrogen-bond donors (Lipinski definition) is 0. The van der Waals surface area contributed by atoms with Gasteiger partial charge in [-0.3, -0.25) is 4.79 Å². The molecule has 0 spiro atoms. The monoisotopic (exact) mass is 166 g/mol. The number of carbonyl (C=O) groups is 1. The minimum absolute atomic E-state index is 0.155. The summed E-state index contributed by atoms with van der Waals surface area (Å²) in [6, 6.07) is 0. The van der Waals surface area contributed by atoms with Crippen molar-refractivity contribution in [3.8, 4) is 0 Å². The van der Waals surface area contributed by atoms with Crippen LogP contribution in [-0.4, -0.2) is 5.78 Å². The fourth-order valence-corrected chi connectivity index (χ4v) is 1.57. The van der Waals surface area contributed by atoms with Gasteiger partial charge in [0.15, 0.2) is 5.78 Å². The molecule has 0 saturated heterocycles. The van der Waals surface area contributed by atoms with Crippen LogP contribution in [0.4, 0.5) is 0 Å². The summed E-state index contributed by atoms with van der Waals surface area (Å²) in [7, 11) is 0. The molecule has 0 amide bonds. The van der Waals surface area contributed by atoms with E-state index < -0.39 is 0 Å². The molecule has 0 aliphatic heterocycles. The van der Waals surface area contributed by atoms with Crippen LogP contribution in [0.5, 0.6) is 0 Å². The Kier molecular flexibility index (Phi) is 3.51. The Morgan fingerprint density at radius 1 is 1.33 bits per heavy atom. The zero-order valence-electron chi connectivity index (χ0n) is 8.05. The molecule has 1 rings (SSSR count). The van der Waals surface area contributed by atoms with Gasteiger partial charge in [0, 0.05) is 5.92 Å². The second-order valence-corrected chi connectivity index (χ2v) is 3.96. The number of allylic oxidation sites excluding steroid dienone is 2. The average molecular weight is 166 g/mol. The molecule has 0 aromatic carbocycles. The topological polar surface area (TPSA) is 17.1 Å². The molecule has 1 aliphatic rings. The highest BCUT2D eigenvalue weighted by molar-refractivity contribution is 5.91. The van der Waals surface area contributed by atoms with Gasteiger partial charge in [0.25, 0.3) is 0 Å². The highest BCUT2D eigenvalue weighted by atomic mass is 16.1. The summed E-state index contributed by atoms with van der Waals surface area (Å²) in [5.41, 5.74) is 0. The van der Waals surface area contributed by atoms with Gasteiger partial charge in [-0.05, 0) is 24.8 Å². The highest BCUT2D eigenvalue weighted by Crippen LogP contribution is 2.25. The van der Waals surface area contributed by atoms with Crippen LogP contribution in [0.2, 0.25) is 0 Å². The molecule has 1 nitrogen and oxygen atoms in total. The minimum atomic E-state index is 0.155. The van der Waals surface area contributed by atoms with E-state index in [1.165, 1.54) is 25.7 Å². The SMILES string of the molecule is CC(C)C(=O)/C=C\C1CCCC1. The summed E-state index contributed by atoms with van der Waals surface area (Å²) in [4.78, 5) is 11.2. The van der Waals surface area contributed by atoms with Gasteiger partial charge in [0.05, 0.1) is 0 Å². The van der Waals surface area contributed by atoms with Crippen molar-refractivity contribution in [3.05, 3.63) is 12.2 Å². The van der Waals surface area contributed by atoms with Crippen molar-refractivity contribution in [2.45, 2.75) is 39.5 Å². The van der Waals surface area contributed by atoms with Gasteiger partial charge < -0.3 is 0 Å². The van der Waals surface area contributed by atoms with E-state index in [0.717, 1.165) is 0 Å². The summed E-state index contributed by atoms with van der Waals surface area (Å²) in [6.07, 6.45) is 9.12. The predicted molar refractivity (Wildman–Crippen MR) is 50.9 cm³/mol. The number of rotatable bonds is 3. The van der Waals surface area contributed by atoms with E-state index in [9.17, 15) is 4.79 Å². The molecule has 0 unspecified atom stereocenters. The zero-order valence-corrected chi connectivity index (χ0v) is 8.05. The van der Waals surface area contributed by atoms with E-state index in [1.54, 1.807) is 6.08 Å². The zero-order chi connectivity index (χ0) is 8.97. The van der Waals surface area contributed by atoms with Crippen molar-refractivity contribution >= 4 is 5.78 Å². The molecule has 1 saturated carbocycles. The summed E-state index contributed by atoms with van der Waals surface area (Å²) < 4.78 is 0. The molecular formula is C11H18O. The Labute approximate surface area is 74.9 Å². The van der Waals surface area contributed by atoms with Crippen molar-refractivity contribution < 1.29 is 4.79 Å². The number of ketones is 1. The van der Waals surface area contributed by atoms with Gasteiger partial charge >= 0.3 is 0 Å². The molecule has 0 bridgehead atoms. The fourth-order valence-electron chi connectivity index (χ4n) is 1.57. The first kappa shape index (κ1) is 9.50. The molecule has 1 aliphatic carbocycles. The molecule has 1 heteroatoms. The van der Waals surface area contributed by atoms with Crippen LogP contribution in [0.15, 0.2) is 12.2 Å². The lowest BCUT2D eigenvalue weighted by Gasteiger charge is -2.01. The van der Waals surface area contributed by atoms with Crippen LogP contribution >= 0.6 is 0 Å². The maximum Gasteiger partial charge on any atom is 0.157 e. The first-order chi connectivity index (χ1) is 5.70. The van der Waals surface area contributed by atoms with E-state index in [-0.39, 0.29) is 11.7 Å². The third-order valence-corrected chi connectivity index (χ3v) is 2.50. The van der Waals surface area contributed by atoms with Crippen LogP contribution in [0, 0.1) is 11.8 Å². The van der Waals surface area contributed by atoms with E-state index in [4.69, 9.17) is 0 Å². The normalized spacial score (nSPS) is 19.6. The molecule has 0 atom stereocenters. The Balaban J connectivity index is 2.33. The Hall–Kier alpha value is -0.590. The van der Waals surface area contributed by atoms with E-state index in [1.807, 2.05) is 13.8 Å². The molecule has 1 fully saturated rings. The minimum Gasteiger partial charge on any atom is -0.295 e. The smallest absolute Gasteiger partial charge is 0.157 e. The Bertz CT molecular complexity index is 173. The summed E-state index contributed by atoms with van der Waals surface area (Å²) in [6.45, 7) is 3.89. The first-order valence-corrected chi connectivity index (χ1v) is 4.92. The van der Waals surface area contributed by atoms with Gasteiger partial charge in [0.2, 0.25) is 0 Å². The largest absolute Gasteiger partial charge is 0.295 e. The van der Waals surface area contributed by atoms with Crippen LogP contribution in [0.25, 0.3) is 0 Å². The van der Waals surface area contributed by atoms with Crippen LogP contribution in [0.1, 0.15) is 39.5 Å². The molecule has 0 radical (unpaired) electrons. The quantitative estimate of drug-likeness (QED) is 0.589. The maximum absolute atomic E-state index is 11.2. The second kappa shape index (κ2) is 4.44. The Morgan fingerprint density at radius 2 is 1.92 bits per heavy atom. The van der Waals surface area contributed by atoms with Crippen LogP contribution in [0.3, 0.4) is 0 Å². The van der Waals surface area contributed by atoms with Gasteiger partial charge in [-0.1, -0.05) is 32.8 Å². The molecule has 0 heterocycles. The molecule has 0 aromatic rings. The van der Waals surface area contributed by atoms with Gasteiger partial charge in [-0.2, -0.15) is 0 Å². The van der Waals surface area contributed by atoms with Gasteiger partial charge in [-0.25, -0.2) is 0 Å². The van der Waals surface area contributed by atoms with Gasteiger partial charge in [-0.15, -0.1) is 0 Å². The molecular weight excluding hydrogens is 148 g/mol. The molecule has 12 heavy (non-hydrogen) atoms. The highest BCUT2D eigenvalue weighted by Gasteiger charge is 2.12. The third-order valence-electron chi connectivity index (χ3n) is 2.50. The number of carbonyl (C=O) groups excluding carboxylic acids is 1. The standard InChI is InChI=1S/C11H18O/c1-9(2)11(12)8-7-10-5-3-4-6-10/h7-10H,3-6H2,1-2H3/b8-7-. The Morgan fingerprint density at radius 3 is 2.42 bits per heavy atom. The lowest BCUT2D eigenvalue weighted by Crippen LogP contribution is -2.03. The second-order valence-electron chi connectivity index (χ2n) is 3.96. The first-order valence-electron chi connectivity index (χ1n) is 4.92. The molecule has 68 valence electrons. The van der Waals surface area contributed by atoms with Crippen LogP contribution < -0.4 is 0 Å². The van der Waals surface area contributed by atoms with Crippen molar-refractivity contribution in [2.24, 2.45) is 11.8 Å². The molecule has 0 aromatic heterocycles. The van der Waals surface area contributed by atoms with Crippen LogP contribution in [-0.2, 0) is 4.79 Å². The van der Waals surface area contributed by atoms with Crippen molar-refractivity contribution in [1.29, 1.82) is 0 Å². The number of hydrogen-bond acceptors (Lipinski definition) is 1.